The molecule has 0 aliphatic carbocycles. The fourth-order valence-corrected chi connectivity index (χ4v) is 3.80. The van der Waals surface area contributed by atoms with E-state index in [0.717, 1.165) is 5.56 Å². The summed E-state index contributed by atoms with van der Waals surface area (Å²) in [5, 5.41) is 0. The molecule has 5 heteroatoms. The molecule has 0 fully saturated rings. The van der Waals surface area contributed by atoms with Crippen LogP contribution >= 0.6 is 0 Å². The van der Waals surface area contributed by atoms with Crippen molar-refractivity contribution in [2.45, 2.75) is 12.2 Å². The number of hydrogen-bond donors (Lipinski definition) is 0. The van der Waals surface area contributed by atoms with E-state index in [4.69, 9.17) is 0 Å². The molecule has 0 bridgehead atoms. The van der Waals surface area contributed by atoms with E-state index >= 15 is 0 Å². The van der Waals surface area contributed by atoms with Crippen molar-refractivity contribution < 1.29 is 12.8 Å². The van der Waals surface area contributed by atoms with E-state index in [9.17, 15) is 12.8 Å². The molecule has 0 atom stereocenters. The topological polar surface area (TPSA) is 37.4 Å². The highest BCUT2D eigenvalue weighted by Crippen LogP contribution is 2.13. The zero-order valence-electron chi connectivity index (χ0n) is 12.9. The molecule has 0 radical (unpaired) electrons. The van der Waals surface area contributed by atoms with E-state index < -0.39 is 15.8 Å². The molecule has 2 rings (SSSR count). The van der Waals surface area contributed by atoms with Gasteiger partial charge in [0, 0.05) is 13.1 Å². The molecule has 0 aromatic heterocycles. The second kappa shape index (κ2) is 8.04. The summed E-state index contributed by atoms with van der Waals surface area (Å²) in [7, 11) is -3.53. The summed E-state index contributed by atoms with van der Waals surface area (Å²) < 4.78 is 39.8. The van der Waals surface area contributed by atoms with E-state index in [1.165, 1.54) is 22.5 Å². The first-order valence-electron chi connectivity index (χ1n) is 7.38. The molecule has 0 aliphatic rings. The molecular weight excluding hydrogens is 313 g/mol. The number of benzene rings is 2. The van der Waals surface area contributed by atoms with Crippen molar-refractivity contribution >= 4 is 10.0 Å². The second-order valence-electron chi connectivity index (χ2n) is 5.27. The molecule has 2 aromatic carbocycles. The molecule has 23 heavy (non-hydrogen) atoms. The molecule has 0 unspecified atom stereocenters. The van der Waals surface area contributed by atoms with Crippen molar-refractivity contribution in [1.82, 2.24) is 4.31 Å². The Kier molecular flexibility index (Phi) is 6.07. The Morgan fingerprint density at radius 3 is 2.39 bits per heavy atom. The van der Waals surface area contributed by atoms with Gasteiger partial charge < -0.3 is 0 Å². The highest BCUT2D eigenvalue weighted by molar-refractivity contribution is 7.88. The van der Waals surface area contributed by atoms with Gasteiger partial charge in [0.25, 0.3) is 0 Å². The average Bonchev–Trinajstić information content (AvgIpc) is 2.52. The summed E-state index contributed by atoms with van der Waals surface area (Å²) >= 11 is 0. The van der Waals surface area contributed by atoms with Crippen LogP contribution in [0.15, 0.2) is 67.3 Å². The van der Waals surface area contributed by atoms with Gasteiger partial charge in [0.2, 0.25) is 10.0 Å². The fourth-order valence-electron chi connectivity index (χ4n) is 2.32. The SMILES string of the molecule is C=CCN(CCc1ccccc1)S(=O)(=O)Cc1cccc(F)c1. The van der Waals surface area contributed by atoms with Crippen LogP contribution in [0.4, 0.5) is 4.39 Å². The lowest BCUT2D eigenvalue weighted by Gasteiger charge is -2.21. The number of rotatable bonds is 8. The van der Waals surface area contributed by atoms with Crippen molar-refractivity contribution in [3.8, 4) is 0 Å². The van der Waals surface area contributed by atoms with Gasteiger partial charge in [-0.15, -0.1) is 6.58 Å². The molecule has 122 valence electrons. The van der Waals surface area contributed by atoms with Crippen LogP contribution < -0.4 is 0 Å². The molecule has 3 nitrogen and oxygen atoms in total. The third-order valence-electron chi connectivity index (χ3n) is 3.46. The molecule has 0 amide bonds. The monoisotopic (exact) mass is 333 g/mol. The zero-order chi connectivity index (χ0) is 16.7. The van der Waals surface area contributed by atoms with Gasteiger partial charge in [0.05, 0.1) is 5.75 Å². The Labute approximate surface area is 137 Å². The van der Waals surface area contributed by atoms with Crippen LogP contribution in [-0.4, -0.2) is 25.8 Å². The fraction of sp³-hybridized carbons (Fsp3) is 0.222. The van der Waals surface area contributed by atoms with Crippen LogP contribution in [-0.2, 0) is 22.2 Å². The molecule has 0 N–H and O–H groups in total. The van der Waals surface area contributed by atoms with Gasteiger partial charge in [-0.2, -0.15) is 4.31 Å². The van der Waals surface area contributed by atoms with E-state index in [1.54, 1.807) is 12.1 Å². The molecule has 2 aromatic rings. The Balaban J connectivity index is 2.10. The summed E-state index contributed by atoms with van der Waals surface area (Å²) in [6, 6.07) is 15.4. The van der Waals surface area contributed by atoms with E-state index in [-0.39, 0.29) is 12.3 Å². The largest absolute Gasteiger partial charge is 0.218 e. The minimum Gasteiger partial charge on any atom is -0.212 e. The molecule has 0 aliphatic heterocycles. The van der Waals surface area contributed by atoms with Crippen molar-refractivity contribution in [1.29, 1.82) is 0 Å². The van der Waals surface area contributed by atoms with Gasteiger partial charge in [0.1, 0.15) is 5.82 Å². The normalized spacial score (nSPS) is 11.6. The first-order chi connectivity index (χ1) is 11.0. The third kappa shape index (κ3) is 5.30. The summed E-state index contributed by atoms with van der Waals surface area (Å²) in [4.78, 5) is 0. The summed E-state index contributed by atoms with van der Waals surface area (Å²) in [6.07, 6.45) is 2.19. The lowest BCUT2D eigenvalue weighted by molar-refractivity contribution is 0.444. The predicted octanol–water partition coefficient (Wildman–Crippen LogP) is 3.39. The first-order valence-corrected chi connectivity index (χ1v) is 8.99. The molecule has 0 heterocycles. The van der Waals surface area contributed by atoms with Gasteiger partial charge in [-0.3, -0.25) is 0 Å². The zero-order valence-corrected chi connectivity index (χ0v) is 13.7. The molecule has 0 saturated carbocycles. The Bertz CT molecular complexity index is 745. The van der Waals surface area contributed by atoms with E-state index in [2.05, 4.69) is 6.58 Å². The van der Waals surface area contributed by atoms with Crippen LogP contribution in [0, 0.1) is 5.82 Å². The number of nitrogens with zero attached hydrogens (tertiary/aromatic N) is 1. The highest BCUT2D eigenvalue weighted by atomic mass is 32.2. The van der Waals surface area contributed by atoms with E-state index in [0.29, 0.717) is 18.5 Å². The van der Waals surface area contributed by atoms with Crippen molar-refractivity contribution in [3.05, 3.63) is 84.2 Å². The Morgan fingerprint density at radius 1 is 1.04 bits per heavy atom. The van der Waals surface area contributed by atoms with Crippen LogP contribution in [0.5, 0.6) is 0 Å². The maximum absolute atomic E-state index is 13.2. The lowest BCUT2D eigenvalue weighted by Crippen LogP contribution is -2.34. The van der Waals surface area contributed by atoms with Crippen molar-refractivity contribution in [2.75, 3.05) is 13.1 Å². The third-order valence-corrected chi connectivity index (χ3v) is 5.27. The maximum Gasteiger partial charge on any atom is 0.218 e. The van der Waals surface area contributed by atoms with Crippen LogP contribution in [0.3, 0.4) is 0 Å². The Morgan fingerprint density at radius 2 is 1.74 bits per heavy atom. The smallest absolute Gasteiger partial charge is 0.212 e. The first kappa shape index (κ1) is 17.4. The maximum atomic E-state index is 13.2. The summed E-state index contributed by atoms with van der Waals surface area (Å²) in [5.74, 6) is -0.648. The average molecular weight is 333 g/mol. The van der Waals surface area contributed by atoms with E-state index in [1.807, 2.05) is 30.3 Å². The number of sulfonamides is 1. The minimum atomic E-state index is -3.53. The quantitative estimate of drug-likeness (QED) is 0.695. The van der Waals surface area contributed by atoms with Crippen molar-refractivity contribution in [2.24, 2.45) is 0 Å². The summed E-state index contributed by atoms with van der Waals surface area (Å²) in [5.41, 5.74) is 1.52. The summed E-state index contributed by atoms with van der Waals surface area (Å²) in [6.45, 7) is 4.23. The highest BCUT2D eigenvalue weighted by Gasteiger charge is 2.21. The minimum absolute atomic E-state index is 0.215. The predicted molar refractivity (Wildman–Crippen MR) is 90.9 cm³/mol. The standard InChI is InChI=1S/C18H20FNO2S/c1-2-12-20(13-11-16-7-4-3-5-8-16)23(21,22)15-17-9-6-10-18(19)14-17/h2-10,14H,1,11-13,15H2. The van der Waals surface area contributed by atoms with Crippen LogP contribution in [0.1, 0.15) is 11.1 Å². The number of hydrogen-bond acceptors (Lipinski definition) is 2. The molecular formula is C18H20FNO2S. The van der Waals surface area contributed by atoms with Crippen LogP contribution in [0.25, 0.3) is 0 Å². The number of halogens is 1. The van der Waals surface area contributed by atoms with Crippen LogP contribution in [0.2, 0.25) is 0 Å². The van der Waals surface area contributed by atoms with Gasteiger partial charge in [0.15, 0.2) is 0 Å². The second-order valence-corrected chi connectivity index (χ2v) is 7.24. The molecule has 0 spiro atoms. The van der Waals surface area contributed by atoms with Gasteiger partial charge >= 0.3 is 0 Å². The lowest BCUT2D eigenvalue weighted by atomic mass is 10.1. The van der Waals surface area contributed by atoms with Gasteiger partial charge in [-0.25, -0.2) is 12.8 Å². The van der Waals surface area contributed by atoms with Gasteiger partial charge in [-0.1, -0.05) is 48.5 Å². The Hall–Kier alpha value is -1.98. The molecule has 0 saturated heterocycles. The van der Waals surface area contributed by atoms with Crippen molar-refractivity contribution in [3.63, 3.8) is 0 Å². The van der Waals surface area contributed by atoms with Gasteiger partial charge in [-0.05, 0) is 29.7 Å².